The van der Waals surface area contributed by atoms with Crippen LogP contribution in [-0.2, 0) is 11.2 Å². The normalized spacial score (nSPS) is 12.2. The van der Waals surface area contributed by atoms with Gasteiger partial charge in [0, 0.05) is 10.5 Å². The second-order valence-electron chi connectivity index (χ2n) is 3.46. The minimum atomic E-state index is -0.190. The maximum atomic E-state index is 11.5. The molecule has 2 N–H and O–H groups in total. The van der Waals surface area contributed by atoms with Crippen LogP contribution in [0, 0.1) is 0 Å². The number of amides is 1. The molecule has 4 heteroatoms. The van der Waals surface area contributed by atoms with E-state index in [1.165, 1.54) is 0 Å². The average molecular weight is 272 g/mol. The maximum Gasteiger partial charge on any atom is 0.224 e. The first-order chi connectivity index (χ1) is 7.11. The number of aliphatic hydroxyl groups is 1. The second-order valence-corrected chi connectivity index (χ2v) is 4.37. The SMILES string of the molecule is C[C@@H](CO)NC(=O)Cc1cccc(Br)c1. The van der Waals surface area contributed by atoms with Crippen LogP contribution in [0.15, 0.2) is 28.7 Å². The number of halogens is 1. The van der Waals surface area contributed by atoms with Gasteiger partial charge in [0.15, 0.2) is 0 Å². The molecule has 0 saturated carbocycles. The number of hydrogen-bond acceptors (Lipinski definition) is 2. The van der Waals surface area contributed by atoms with E-state index in [0.29, 0.717) is 6.42 Å². The molecule has 0 aliphatic rings. The van der Waals surface area contributed by atoms with Crippen molar-refractivity contribution in [2.75, 3.05) is 6.61 Å². The molecule has 0 aliphatic carbocycles. The molecule has 1 aromatic rings. The molecule has 1 atom stereocenters. The predicted octanol–water partition coefficient (Wildman–Crippen LogP) is 1.49. The van der Waals surface area contributed by atoms with Crippen LogP contribution < -0.4 is 5.32 Å². The maximum absolute atomic E-state index is 11.5. The Balaban J connectivity index is 2.51. The third kappa shape index (κ3) is 4.44. The fraction of sp³-hybridized carbons (Fsp3) is 0.364. The smallest absolute Gasteiger partial charge is 0.224 e. The van der Waals surface area contributed by atoms with E-state index >= 15 is 0 Å². The number of nitrogens with one attached hydrogen (secondary N) is 1. The van der Waals surface area contributed by atoms with Crippen molar-refractivity contribution in [2.24, 2.45) is 0 Å². The molecule has 0 aromatic heterocycles. The number of aliphatic hydroxyl groups excluding tert-OH is 1. The molecule has 1 amide bonds. The van der Waals surface area contributed by atoms with E-state index in [2.05, 4.69) is 21.2 Å². The number of rotatable bonds is 4. The summed E-state index contributed by atoms with van der Waals surface area (Å²) in [6.45, 7) is 1.73. The average Bonchev–Trinajstić information content (AvgIpc) is 2.17. The first-order valence-electron chi connectivity index (χ1n) is 4.76. The fourth-order valence-corrected chi connectivity index (χ4v) is 1.65. The van der Waals surface area contributed by atoms with E-state index in [0.717, 1.165) is 10.0 Å². The van der Waals surface area contributed by atoms with Crippen molar-refractivity contribution in [3.63, 3.8) is 0 Å². The summed E-state index contributed by atoms with van der Waals surface area (Å²) >= 11 is 3.34. The Kier molecular flexibility index (Phi) is 4.78. The molecule has 0 saturated heterocycles. The van der Waals surface area contributed by atoms with Crippen LogP contribution >= 0.6 is 15.9 Å². The highest BCUT2D eigenvalue weighted by atomic mass is 79.9. The monoisotopic (exact) mass is 271 g/mol. The van der Waals surface area contributed by atoms with Crippen molar-refractivity contribution >= 4 is 21.8 Å². The zero-order valence-corrected chi connectivity index (χ0v) is 10.1. The van der Waals surface area contributed by atoms with E-state index in [1.807, 2.05) is 24.3 Å². The quantitative estimate of drug-likeness (QED) is 0.872. The Labute approximate surface area is 97.6 Å². The summed E-state index contributed by atoms with van der Waals surface area (Å²) in [7, 11) is 0. The molecule has 0 bridgehead atoms. The topological polar surface area (TPSA) is 49.3 Å². The van der Waals surface area contributed by atoms with Gasteiger partial charge in [0.2, 0.25) is 5.91 Å². The summed E-state index contributed by atoms with van der Waals surface area (Å²) in [5.41, 5.74) is 0.951. The van der Waals surface area contributed by atoms with Crippen LogP contribution in [0.1, 0.15) is 12.5 Å². The number of carbonyl (C=O) groups excluding carboxylic acids is 1. The van der Waals surface area contributed by atoms with Gasteiger partial charge in [-0.3, -0.25) is 4.79 Å². The van der Waals surface area contributed by atoms with E-state index in [1.54, 1.807) is 6.92 Å². The molecular formula is C11H14BrNO2. The van der Waals surface area contributed by atoms with Gasteiger partial charge >= 0.3 is 0 Å². The van der Waals surface area contributed by atoms with Crippen LogP contribution in [-0.4, -0.2) is 23.7 Å². The van der Waals surface area contributed by atoms with Gasteiger partial charge in [-0.25, -0.2) is 0 Å². The van der Waals surface area contributed by atoms with E-state index in [-0.39, 0.29) is 18.6 Å². The summed E-state index contributed by atoms with van der Waals surface area (Å²) in [5, 5.41) is 11.5. The molecule has 0 heterocycles. The minimum absolute atomic E-state index is 0.0375. The van der Waals surface area contributed by atoms with Gasteiger partial charge in [-0.2, -0.15) is 0 Å². The Morgan fingerprint density at radius 2 is 2.33 bits per heavy atom. The summed E-state index contributed by atoms with van der Waals surface area (Å²) < 4.78 is 0.961. The van der Waals surface area contributed by atoms with Gasteiger partial charge in [-0.1, -0.05) is 28.1 Å². The van der Waals surface area contributed by atoms with Crippen molar-refractivity contribution in [3.8, 4) is 0 Å². The lowest BCUT2D eigenvalue weighted by Crippen LogP contribution is -2.35. The van der Waals surface area contributed by atoms with Gasteiger partial charge in [0.25, 0.3) is 0 Å². The molecule has 0 fully saturated rings. The van der Waals surface area contributed by atoms with Crippen LogP contribution in [0.5, 0.6) is 0 Å². The minimum Gasteiger partial charge on any atom is -0.394 e. The first kappa shape index (κ1) is 12.2. The Bertz CT molecular complexity index is 341. The molecule has 1 rings (SSSR count). The van der Waals surface area contributed by atoms with Crippen LogP contribution in [0.25, 0.3) is 0 Å². The fourth-order valence-electron chi connectivity index (χ4n) is 1.20. The van der Waals surface area contributed by atoms with Crippen molar-refractivity contribution in [2.45, 2.75) is 19.4 Å². The Morgan fingerprint density at radius 3 is 2.93 bits per heavy atom. The molecule has 0 spiro atoms. The highest BCUT2D eigenvalue weighted by molar-refractivity contribution is 9.10. The third-order valence-corrected chi connectivity index (χ3v) is 2.43. The van der Waals surface area contributed by atoms with Crippen molar-refractivity contribution in [1.29, 1.82) is 0 Å². The van der Waals surface area contributed by atoms with Gasteiger partial charge < -0.3 is 10.4 Å². The molecule has 0 radical (unpaired) electrons. The summed E-state index contributed by atoms with van der Waals surface area (Å²) in [5.74, 6) is -0.0744. The van der Waals surface area contributed by atoms with E-state index in [9.17, 15) is 4.79 Å². The lowest BCUT2D eigenvalue weighted by atomic mass is 10.1. The second kappa shape index (κ2) is 5.88. The number of hydrogen-bond donors (Lipinski definition) is 2. The highest BCUT2D eigenvalue weighted by Crippen LogP contribution is 2.11. The summed E-state index contributed by atoms with van der Waals surface area (Å²) in [6.07, 6.45) is 0.337. The zero-order valence-electron chi connectivity index (χ0n) is 8.53. The lowest BCUT2D eigenvalue weighted by Gasteiger charge is -2.10. The molecule has 3 nitrogen and oxygen atoms in total. The van der Waals surface area contributed by atoms with E-state index in [4.69, 9.17) is 5.11 Å². The van der Waals surface area contributed by atoms with Gasteiger partial charge in [0.05, 0.1) is 13.0 Å². The first-order valence-corrected chi connectivity index (χ1v) is 5.56. The Hall–Kier alpha value is -0.870. The molecule has 15 heavy (non-hydrogen) atoms. The van der Waals surface area contributed by atoms with Crippen LogP contribution in [0.4, 0.5) is 0 Å². The molecule has 82 valence electrons. The largest absolute Gasteiger partial charge is 0.394 e. The van der Waals surface area contributed by atoms with Crippen LogP contribution in [0.2, 0.25) is 0 Å². The number of benzene rings is 1. The van der Waals surface area contributed by atoms with Crippen LogP contribution in [0.3, 0.4) is 0 Å². The third-order valence-electron chi connectivity index (χ3n) is 1.93. The van der Waals surface area contributed by atoms with Gasteiger partial charge in [0.1, 0.15) is 0 Å². The van der Waals surface area contributed by atoms with Gasteiger partial charge in [-0.05, 0) is 24.6 Å². The van der Waals surface area contributed by atoms with Crippen molar-refractivity contribution < 1.29 is 9.90 Å². The Morgan fingerprint density at radius 1 is 1.60 bits per heavy atom. The standard InChI is InChI=1S/C11H14BrNO2/c1-8(7-14)13-11(15)6-9-3-2-4-10(12)5-9/h2-5,8,14H,6-7H2,1H3,(H,13,15)/t8-/m0/s1. The summed E-state index contributed by atoms with van der Waals surface area (Å²) in [6, 6.07) is 7.42. The zero-order chi connectivity index (χ0) is 11.3. The van der Waals surface area contributed by atoms with E-state index < -0.39 is 0 Å². The highest BCUT2D eigenvalue weighted by Gasteiger charge is 2.06. The molecule has 1 aromatic carbocycles. The molecule has 0 unspecified atom stereocenters. The summed E-state index contributed by atoms with van der Waals surface area (Å²) in [4.78, 5) is 11.5. The van der Waals surface area contributed by atoms with Crippen molar-refractivity contribution in [3.05, 3.63) is 34.3 Å². The lowest BCUT2D eigenvalue weighted by molar-refractivity contribution is -0.121. The van der Waals surface area contributed by atoms with Gasteiger partial charge in [-0.15, -0.1) is 0 Å². The number of carbonyl (C=O) groups is 1. The predicted molar refractivity (Wildman–Crippen MR) is 62.5 cm³/mol. The van der Waals surface area contributed by atoms with Crippen molar-refractivity contribution in [1.82, 2.24) is 5.32 Å². The molecular weight excluding hydrogens is 258 g/mol. The molecule has 0 aliphatic heterocycles.